The number of aryl methyl sites for hydroxylation is 1. The Hall–Kier alpha value is -2.06. The van der Waals surface area contributed by atoms with Gasteiger partial charge in [-0.2, -0.15) is 23.4 Å². The number of alkyl halides is 4. The molecule has 0 radical (unpaired) electrons. The fraction of sp³-hybridized carbons (Fsp3) is 0.455. The molecule has 2 aromatic rings. The number of halogens is 4. The number of nitrogens with one attached hydrogen (secondary N) is 1. The molecule has 20 heavy (non-hydrogen) atoms. The average molecular weight is 291 g/mol. The first kappa shape index (κ1) is 14.4. The van der Waals surface area contributed by atoms with E-state index in [9.17, 15) is 17.6 Å². The third kappa shape index (κ3) is 4.25. The van der Waals surface area contributed by atoms with E-state index in [0.29, 0.717) is 17.8 Å². The van der Waals surface area contributed by atoms with Crippen LogP contribution in [0.3, 0.4) is 0 Å². The van der Waals surface area contributed by atoms with Gasteiger partial charge in [-0.1, -0.05) is 0 Å². The topological polar surface area (TPSA) is 47.7 Å². The monoisotopic (exact) mass is 291 g/mol. The first-order chi connectivity index (χ1) is 9.46. The molecule has 0 amide bonds. The molecule has 0 spiro atoms. The van der Waals surface area contributed by atoms with Crippen molar-refractivity contribution in [2.75, 3.05) is 12.0 Å². The number of hydrogen-bond donors (Lipinski definition) is 1. The second-order valence-corrected chi connectivity index (χ2v) is 4.20. The second-order valence-electron chi connectivity index (χ2n) is 4.20. The predicted octanol–water partition coefficient (Wildman–Crippen LogP) is 2.22. The third-order valence-corrected chi connectivity index (χ3v) is 2.47. The minimum Gasteiger partial charge on any atom is -0.378 e. The molecule has 0 atom stereocenters. The number of nitrogens with zero attached hydrogens (tertiary/aromatic N) is 4. The van der Waals surface area contributed by atoms with Crippen molar-refractivity contribution in [1.82, 2.24) is 19.6 Å². The predicted molar refractivity (Wildman–Crippen MR) is 63.8 cm³/mol. The van der Waals surface area contributed by atoms with E-state index in [0.717, 1.165) is 4.68 Å². The first-order valence-corrected chi connectivity index (χ1v) is 5.86. The molecule has 1 N–H and O–H groups in total. The van der Waals surface area contributed by atoms with Gasteiger partial charge in [0.1, 0.15) is 13.2 Å². The molecule has 0 aliphatic heterocycles. The van der Waals surface area contributed by atoms with E-state index < -0.39 is 19.4 Å². The van der Waals surface area contributed by atoms with E-state index in [1.165, 1.54) is 23.3 Å². The van der Waals surface area contributed by atoms with Gasteiger partial charge in [0.2, 0.25) is 0 Å². The van der Waals surface area contributed by atoms with Crippen LogP contribution in [0.1, 0.15) is 5.56 Å². The SMILES string of the molecule is FCCn1cc(NCc2cnn(CC(F)(F)F)c2)cn1. The quantitative estimate of drug-likeness (QED) is 0.830. The van der Waals surface area contributed by atoms with E-state index in [1.54, 1.807) is 6.20 Å². The Morgan fingerprint density at radius 3 is 2.55 bits per heavy atom. The molecule has 2 heterocycles. The number of aromatic nitrogens is 4. The van der Waals surface area contributed by atoms with Crippen LogP contribution in [0.4, 0.5) is 23.2 Å². The lowest BCUT2D eigenvalue weighted by Gasteiger charge is -2.05. The zero-order valence-electron chi connectivity index (χ0n) is 10.4. The lowest BCUT2D eigenvalue weighted by molar-refractivity contribution is -0.142. The average Bonchev–Trinajstić information content (AvgIpc) is 2.94. The van der Waals surface area contributed by atoms with Gasteiger partial charge in [-0.15, -0.1) is 0 Å². The van der Waals surface area contributed by atoms with Crippen molar-refractivity contribution in [3.63, 3.8) is 0 Å². The highest BCUT2D eigenvalue weighted by Crippen LogP contribution is 2.17. The Morgan fingerprint density at radius 1 is 1.10 bits per heavy atom. The van der Waals surface area contributed by atoms with Crippen molar-refractivity contribution in [3.05, 3.63) is 30.4 Å². The zero-order chi connectivity index (χ0) is 14.6. The maximum Gasteiger partial charge on any atom is 0.408 e. The van der Waals surface area contributed by atoms with Crippen molar-refractivity contribution in [2.45, 2.75) is 25.8 Å². The summed E-state index contributed by atoms with van der Waals surface area (Å²) < 4.78 is 50.8. The van der Waals surface area contributed by atoms with Gasteiger partial charge >= 0.3 is 6.18 Å². The smallest absolute Gasteiger partial charge is 0.378 e. The maximum absolute atomic E-state index is 12.2. The number of hydrogen-bond acceptors (Lipinski definition) is 3. The van der Waals surface area contributed by atoms with Gasteiger partial charge in [-0.05, 0) is 0 Å². The largest absolute Gasteiger partial charge is 0.408 e. The maximum atomic E-state index is 12.2. The standard InChI is InChI=1S/C11H13F4N5/c12-1-2-19-7-10(5-18-19)16-3-9-4-17-20(6-9)8-11(13,14)15/h4-7,16H,1-3,8H2. The van der Waals surface area contributed by atoms with Gasteiger partial charge < -0.3 is 5.32 Å². The Morgan fingerprint density at radius 2 is 1.85 bits per heavy atom. The summed E-state index contributed by atoms with van der Waals surface area (Å²) in [5, 5.41) is 10.5. The summed E-state index contributed by atoms with van der Waals surface area (Å²) in [7, 11) is 0. The third-order valence-electron chi connectivity index (χ3n) is 2.47. The molecule has 5 nitrogen and oxygen atoms in total. The molecule has 0 aromatic carbocycles. The molecule has 0 unspecified atom stereocenters. The van der Waals surface area contributed by atoms with Gasteiger partial charge in [0, 0.05) is 24.5 Å². The van der Waals surface area contributed by atoms with Crippen LogP contribution in [0, 0.1) is 0 Å². The molecule has 0 aliphatic carbocycles. The van der Waals surface area contributed by atoms with Crippen molar-refractivity contribution < 1.29 is 17.6 Å². The van der Waals surface area contributed by atoms with Crippen molar-refractivity contribution in [1.29, 1.82) is 0 Å². The summed E-state index contributed by atoms with van der Waals surface area (Å²) in [6.45, 7) is -1.13. The van der Waals surface area contributed by atoms with Gasteiger partial charge in [-0.25, -0.2) is 4.39 Å². The lowest BCUT2D eigenvalue weighted by Crippen LogP contribution is -2.17. The summed E-state index contributed by atoms with van der Waals surface area (Å²) in [6, 6.07) is 0. The van der Waals surface area contributed by atoms with Crippen LogP contribution >= 0.6 is 0 Å². The van der Waals surface area contributed by atoms with Gasteiger partial charge in [0.25, 0.3) is 0 Å². The van der Waals surface area contributed by atoms with Crippen molar-refractivity contribution in [2.24, 2.45) is 0 Å². The highest BCUT2D eigenvalue weighted by atomic mass is 19.4. The zero-order valence-corrected chi connectivity index (χ0v) is 10.4. The van der Waals surface area contributed by atoms with Crippen LogP contribution in [-0.2, 0) is 19.6 Å². The molecule has 2 aromatic heterocycles. The lowest BCUT2D eigenvalue weighted by atomic mass is 10.3. The van der Waals surface area contributed by atoms with Gasteiger partial charge in [0.05, 0.1) is 24.6 Å². The van der Waals surface area contributed by atoms with Crippen LogP contribution in [-0.4, -0.2) is 32.4 Å². The highest BCUT2D eigenvalue weighted by Gasteiger charge is 2.28. The molecule has 110 valence electrons. The molecule has 0 saturated heterocycles. The Bertz CT molecular complexity index is 545. The molecular weight excluding hydrogens is 278 g/mol. The fourth-order valence-corrected chi connectivity index (χ4v) is 1.64. The summed E-state index contributed by atoms with van der Waals surface area (Å²) in [6.07, 6.45) is 1.55. The molecule has 9 heteroatoms. The van der Waals surface area contributed by atoms with Gasteiger partial charge in [0.15, 0.2) is 0 Å². The van der Waals surface area contributed by atoms with E-state index in [2.05, 4.69) is 15.5 Å². The van der Waals surface area contributed by atoms with Gasteiger partial charge in [-0.3, -0.25) is 9.36 Å². The second kappa shape index (κ2) is 5.93. The molecule has 2 rings (SSSR count). The molecule has 0 bridgehead atoms. The Kier molecular flexibility index (Phi) is 4.26. The Labute approximate surface area is 112 Å². The first-order valence-electron chi connectivity index (χ1n) is 5.86. The number of rotatable bonds is 6. The fourth-order valence-electron chi connectivity index (χ4n) is 1.64. The van der Waals surface area contributed by atoms with Crippen molar-refractivity contribution in [3.8, 4) is 0 Å². The van der Waals surface area contributed by atoms with E-state index in [1.807, 2.05) is 0 Å². The molecule has 0 saturated carbocycles. The molecular formula is C11H13F4N5. The van der Waals surface area contributed by atoms with E-state index in [4.69, 9.17) is 0 Å². The minimum atomic E-state index is -4.29. The van der Waals surface area contributed by atoms with Crippen LogP contribution in [0.2, 0.25) is 0 Å². The minimum absolute atomic E-state index is 0.172. The van der Waals surface area contributed by atoms with Crippen LogP contribution in [0.15, 0.2) is 24.8 Å². The van der Waals surface area contributed by atoms with Crippen molar-refractivity contribution >= 4 is 5.69 Å². The van der Waals surface area contributed by atoms with Crippen LogP contribution in [0.25, 0.3) is 0 Å². The van der Waals surface area contributed by atoms with E-state index in [-0.39, 0.29) is 6.54 Å². The van der Waals surface area contributed by atoms with E-state index >= 15 is 0 Å². The van der Waals surface area contributed by atoms with Crippen LogP contribution in [0.5, 0.6) is 0 Å². The number of anilines is 1. The Balaban J connectivity index is 1.87. The van der Waals surface area contributed by atoms with Crippen LogP contribution < -0.4 is 5.32 Å². The molecule has 0 fully saturated rings. The highest BCUT2D eigenvalue weighted by molar-refractivity contribution is 5.38. The summed E-state index contributed by atoms with van der Waals surface area (Å²) >= 11 is 0. The summed E-state index contributed by atoms with van der Waals surface area (Å²) in [5.41, 5.74) is 1.29. The summed E-state index contributed by atoms with van der Waals surface area (Å²) in [4.78, 5) is 0. The molecule has 0 aliphatic rings. The normalized spacial score (nSPS) is 11.8. The summed E-state index contributed by atoms with van der Waals surface area (Å²) in [5.74, 6) is 0.